The summed E-state index contributed by atoms with van der Waals surface area (Å²) in [5, 5.41) is 0. The number of carbonyl (C=O) groups is 1. The highest BCUT2D eigenvalue weighted by molar-refractivity contribution is 6.01. The largest absolute Gasteiger partial charge is 0.347 e. The molecule has 0 bridgehead atoms. The first-order chi connectivity index (χ1) is 11.5. The average Bonchev–Trinajstić information content (AvgIpc) is 3.15. The molecule has 24 heavy (non-hydrogen) atoms. The minimum absolute atomic E-state index is 0.0886. The van der Waals surface area contributed by atoms with Crippen molar-refractivity contribution in [3.05, 3.63) is 23.8 Å². The van der Waals surface area contributed by atoms with Gasteiger partial charge in [-0.15, -0.1) is 0 Å². The highest BCUT2D eigenvalue weighted by Crippen LogP contribution is 2.68. The first kappa shape index (κ1) is 15.3. The summed E-state index contributed by atoms with van der Waals surface area (Å²) in [6.07, 6.45) is 12.9. The number of hydrogen-bond acceptors (Lipinski definition) is 3. The highest BCUT2D eigenvalue weighted by Gasteiger charge is 2.66. The van der Waals surface area contributed by atoms with Crippen molar-refractivity contribution in [2.45, 2.75) is 58.2 Å². The van der Waals surface area contributed by atoms with Crippen LogP contribution in [0, 0.1) is 28.6 Å². The second kappa shape index (κ2) is 4.82. The van der Waals surface area contributed by atoms with E-state index in [-0.39, 0.29) is 22.4 Å². The zero-order valence-corrected chi connectivity index (χ0v) is 14.8. The number of allylic oxidation sites excluding steroid dienone is 4. The van der Waals surface area contributed by atoms with Crippen LogP contribution in [0.1, 0.15) is 52.4 Å². The molecule has 1 aliphatic heterocycles. The van der Waals surface area contributed by atoms with Crippen LogP contribution in [-0.2, 0) is 14.3 Å². The molecule has 3 saturated carbocycles. The van der Waals surface area contributed by atoms with Gasteiger partial charge in [-0.3, -0.25) is 4.79 Å². The molecule has 1 saturated heterocycles. The van der Waals surface area contributed by atoms with Gasteiger partial charge >= 0.3 is 0 Å². The van der Waals surface area contributed by atoms with Gasteiger partial charge in [-0.05, 0) is 62.0 Å². The van der Waals surface area contributed by atoms with Gasteiger partial charge in [-0.25, -0.2) is 0 Å². The van der Waals surface area contributed by atoms with Crippen molar-refractivity contribution in [2.24, 2.45) is 28.6 Å². The second-order valence-corrected chi connectivity index (χ2v) is 9.05. The fourth-order valence-corrected chi connectivity index (χ4v) is 7.08. The molecule has 0 aromatic rings. The second-order valence-electron chi connectivity index (χ2n) is 9.05. The SMILES string of the molecule is C[C@]12C=CC(=O)C=C1CC[C@H]1[C@H]2CC[C@@]2(C)[C@@H]1CCC21OCCO1. The number of fused-ring (bicyclic) bond motifs is 6. The number of carbonyl (C=O) groups excluding carboxylic acids is 1. The zero-order valence-electron chi connectivity index (χ0n) is 14.8. The molecule has 0 unspecified atom stereocenters. The molecule has 0 amide bonds. The Morgan fingerprint density at radius 2 is 1.79 bits per heavy atom. The lowest BCUT2D eigenvalue weighted by molar-refractivity contribution is -0.241. The molecule has 5 atom stereocenters. The lowest BCUT2D eigenvalue weighted by atomic mass is 9.48. The van der Waals surface area contributed by atoms with Crippen LogP contribution in [0.4, 0.5) is 0 Å². The summed E-state index contributed by atoms with van der Waals surface area (Å²) < 4.78 is 12.4. The fourth-order valence-electron chi connectivity index (χ4n) is 7.08. The molecule has 5 rings (SSSR count). The molecule has 1 heterocycles. The van der Waals surface area contributed by atoms with E-state index in [2.05, 4.69) is 19.9 Å². The molecular weight excluding hydrogens is 300 g/mol. The molecule has 3 heteroatoms. The van der Waals surface area contributed by atoms with Gasteiger partial charge in [0.15, 0.2) is 11.6 Å². The Morgan fingerprint density at radius 3 is 2.58 bits per heavy atom. The van der Waals surface area contributed by atoms with Gasteiger partial charge in [-0.2, -0.15) is 0 Å². The van der Waals surface area contributed by atoms with Crippen molar-refractivity contribution >= 4 is 5.78 Å². The van der Waals surface area contributed by atoms with Gasteiger partial charge in [0.1, 0.15) is 0 Å². The molecule has 3 nitrogen and oxygen atoms in total. The van der Waals surface area contributed by atoms with E-state index < -0.39 is 0 Å². The van der Waals surface area contributed by atoms with Crippen molar-refractivity contribution in [3.63, 3.8) is 0 Å². The van der Waals surface area contributed by atoms with Crippen LogP contribution in [0.2, 0.25) is 0 Å². The van der Waals surface area contributed by atoms with E-state index in [9.17, 15) is 4.79 Å². The third-order valence-corrected chi connectivity index (χ3v) is 8.35. The van der Waals surface area contributed by atoms with E-state index in [0.717, 1.165) is 32.0 Å². The fraction of sp³-hybridized carbons (Fsp3) is 0.762. The molecule has 4 fully saturated rings. The Hall–Kier alpha value is -0.930. The predicted octanol–water partition coefficient (Wildman–Crippen LogP) is 4.04. The van der Waals surface area contributed by atoms with Crippen LogP contribution in [0.15, 0.2) is 23.8 Å². The summed E-state index contributed by atoms with van der Waals surface area (Å²) in [6, 6.07) is 0. The molecule has 5 aliphatic rings. The summed E-state index contributed by atoms with van der Waals surface area (Å²) in [4.78, 5) is 11.8. The smallest absolute Gasteiger partial charge is 0.178 e. The van der Waals surface area contributed by atoms with Crippen LogP contribution in [0.5, 0.6) is 0 Å². The molecule has 0 radical (unpaired) electrons. The van der Waals surface area contributed by atoms with Gasteiger partial charge in [-0.1, -0.05) is 25.5 Å². The van der Waals surface area contributed by atoms with E-state index in [1.54, 1.807) is 6.08 Å². The number of ether oxygens (including phenoxy) is 2. The number of hydrogen-bond donors (Lipinski definition) is 0. The van der Waals surface area contributed by atoms with Crippen LogP contribution < -0.4 is 0 Å². The maximum atomic E-state index is 11.8. The van der Waals surface area contributed by atoms with Crippen molar-refractivity contribution in [1.29, 1.82) is 0 Å². The van der Waals surface area contributed by atoms with Gasteiger partial charge in [0.25, 0.3) is 0 Å². The lowest BCUT2D eigenvalue weighted by Crippen LogP contribution is -2.54. The van der Waals surface area contributed by atoms with Crippen molar-refractivity contribution in [2.75, 3.05) is 13.2 Å². The molecule has 4 aliphatic carbocycles. The Bertz CT molecular complexity index is 641. The monoisotopic (exact) mass is 328 g/mol. The zero-order chi connectivity index (χ0) is 16.6. The molecule has 1 spiro atoms. The summed E-state index contributed by atoms with van der Waals surface area (Å²) >= 11 is 0. The van der Waals surface area contributed by atoms with Crippen molar-refractivity contribution in [1.82, 2.24) is 0 Å². The number of ketones is 1. The highest BCUT2D eigenvalue weighted by atomic mass is 16.7. The molecule has 0 aromatic heterocycles. The summed E-state index contributed by atoms with van der Waals surface area (Å²) in [5.74, 6) is 1.96. The summed E-state index contributed by atoms with van der Waals surface area (Å²) in [5.41, 5.74) is 1.63. The first-order valence-corrected chi connectivity index (χ1v) is 9.71. The van der Waals surface area contributed by atoms with Crippen LogP contribution in [0.3, 0.4) is 0 Å². The average molecular weight is 328 g/mol. The maximum Gasteiger partial charge on any atom is 0.178 e. The Morgan fingerprint density at radius 1 is 1.04 bits per heavy atom. The van der Waals surface area contributed by atoms with Crippen molar-refractivity contribution < 1.29 is 14.3 Å². The van der Waals surface area contributed by atoms with Gasteiger partial charge in [0.05, 0.1) is 13.2 Å². The van der Waals surface area contributed by atoms with E-state index in [1.807, 2.05) is 6.08 Å². The maximum absolute atomic E-state index is 11.8. The van der Waals surface area contributed by atoms with Crippen LogP contribution >= 0.6 is 0 Å². The molecule has 0 N–H and O–H groups in total. The summed E-state index contributed by atoms with van der Waals surface area (Å²) in [7, 11) is 0. The predicted molar refractivity (Wildman–Crippen MR) is 91.3 cm³/mol. The standard InChI is InChI=1S/C21H28O3/c1-19-8-5-15(22)13-14(19)3-4-16-17(19)6-9-20(2)18(16)7-10-21(20)23-11-12-24-21/h5,8,13,16-18H,3-4,6-7,9-12H2,1-2H3/t16-,17+,18+,19-,20-/m0/s1. The van der Waals surface area contributed by atoms with Gasteiger partial charge in [0, 0.05) is 17.3 Å². The first-order valence-electron chi connectivity index (χ1n) is 9.71. The third-order valence-electron chi connectivity index (χ3n) is 8.35. The molecule has 130 valence electrons. The molecule has 0 aromatic carbocycles. The summed E-state index contributed by atoms with van der Waals surface area (Å²) in [6.45, 7) is 6.31. The van der Waals surface area contributed by atoms with Crippen molar-refractivity contribution in [3.8, 4) is 0 Å². The van der Waals surface area contributed by atoms with Crippen LogP contribution in [0.25, 0.3) is 0 Å². The number of rotatable bonds is 0. The van der Waals surface area contributed by atoms with E-state index >= 15 is 0 Å². The van der Waals surface area contributed by atoms with E-state index in [0.29, 0.717) is 11.8 Å². The van der Waals surface area contributed by atoms with Crippen LogP contribution in [-0.4, -0.2) is 24.8 Å². The Kier molecular flexibility index (Phi) is 3.08. The van der Waals surface area contributed by atoms with Gasteiger partial charge < -0.3 is 9.47 Å². The van der Waals surface area contributed by atoms with E-state index in [1.165, 1.54) is 31.3 Å². The quantitative estimate of drug-likeness (QED) is 0.673. The Balaban J connectivity index is 1.51. The molecular formula is C21H28O3. The van der Waals surface area contributed by atoms with Gasteiger partial charge in [0.2, 0.25) is 0 Å². The normalized spacial score (nSPS) is 48.8. The topological polar surface area (TPSA) is 35.5 Å². The van der Waals surface area contributed by atoms with E-state index in [4.69, 9.17) is 9.47 Å². The lowest BCUT2D eigenvalue weighted by Gasteiger charge is -2.57. The third kappa shape index (κ3) is 1.73. The minimum Gasteiger partial charge on any atom is -0.347 e. The Labute approximate surface area is 144 Å². The minimum atomic E-state index is -0.308.